The van der Waals surface area contributed by atoms with Gasteiger partial charge in [-0.15, -0.1) is 11.3 Å². The lowest BCUT2D eigenvalue weighted by Gasteiger charge is -2.06. The van der Waals surface area contributed by atoms with Gasteiger partial charge in [-0.25, -0.2) is 0 Å². The topological polar surface area (TPSA) is 35.8 Å². The predicted molar refractivity (Wildman–Crippen MR) is 75.2 cm³/mol. The number of nitrogens with zero attached hydrogens (tertiary/aromatic N) is 1. The van der Waals surface area contributed by atoms with E-state index in [1.54, 1.807) is 0 Å². The molecule has 17 heavy (non-hydrogen) atoms. The number of halogens is 1. The average Bonchev–Trinajstić information content (AvgIpc) is 2.73. The monoisotopic (exact) mass is 306 g/mol. The molecule has 0 saturated carbocycles. The molecule has 0 radical (unpaired) electrons. The third-order valence-corrected chi connectivity index (χ3v) is 3.73. The number of hydrogen-bond donors (Lipinski definition) is 1. The second-order valence-corrected chi connectivity index (χ2v) is 5.83. The molecule has 2 nitrogen and oxygen atoms in total. The molecule has 0 bridgehead atoms. The molecule has 1 N–H and O–H groups in total. The Morgan fingerprint density at radius 3 is 2.82 bits per heavy atom. The van der Waals surface area contributed by atoms with E-state index in [-0.39, 0.29) is 0 Å². The van der Waals surface area contributed by atoms with E-state index in [1.807, 2.05) is 18.2 Å². The van der Waals surface area contributed by atoms with Crippen molar-refractivity contribution in [2.24, 2.45) is 0 Å². The number of thiophene rings is 1. The second-order valence-electron chi connectivity index (χ2n) is 3.75. The minimum absolute atomic E-state index is 0.752. The zero-order valence-corrected chi connectivity index (χ0v) is 11.7. The highest BCUT2D eigenvalue weighted by atomic mass is 79.9. The summed E-state index contributed by atoms with van der Waals surface area (Å²) in [6.07, 6.45) is 0. The Labute approximate surface area is 113 Å². The maximum absolute atomic E-state index is 8.74. The number of hydrogen-bond acceptors (Lipinski definition) is 3. The normalized spacial score (nSPS) is 9.94. The van der Waals surface area contributed by atoms with Gasteiger partial charge in [-0.2, -0.15) is 5.26 Å². The Kier molecular flexibility index (Phi) is 3.82. The molecule has 0 aliphatic carbocycles. The molecule has 0 spiro atoms. The summed E-state index contributed by atoms with van der Waals surface area (Å²) in [5.74, 6) is 0. The van der Waals surface area contributed by atoms with E-state index in [1.165, 1.54) is 21.8 Å². The van der Waals surface area contributed by atoms with Gasteiger partial charge in [0.05, 0.1) is 0 Å². The molecular formula is C13H11BrN2S. The average molecular weight is 307 g/mol. The fourth-order valence-corrected chi connectivity index (χ4v) is 2.91. The van der Waals surface area contributed by atoms with Crippen LogP contribution in [0.4, 0.5) is 5.69 Å². The third-order valence-electron chi connectivity index (χ3n) is 2.28. The van der Waals surface area contributed by atoms with Crippen LogP contribution >= 0.6 is 27.3 Å². The van der Waals surface area contributed by atoms with Crippen LogP contribution in [0.5, 0.6) is 0 Å². The first-order valence-corrected chi connectivity index (χ1v) is 6.78. The van der Waals surface area contributed by atoms with Gasteiger partial charge in [-0.1, -0.05) is 15.9 Å². The van der Waals surface area contributed by atoms with Gasteiger partial charge in [0.25, 0.3) is 0 Å². The molecule has 2 rings (SSSR count). The summed E-state index contributed by atoms with van der Waals surface area (Å²) in [4.78, 5) is 1.92. The van der Waals surface area contributed by atoms with Crippen LogP contribution in [-0.2, 0) is 6.54 Å². The van der Waals surface area contributed by atoms with Crippen LogP contribution in [0.25, 0.3) is 0 Å². The van der Waals surface area contributed by atoms with E-state index in [0.717, 1.165) is 21.6 Å². The minimum atomic E-state index is 0.752. The molecule has 1 heterocycles. The number of anilines is 1. The number of benzene rings is 1. The van der Waals surface area contributed by atoms with Crippen molar-refractivity contribution >= 4 is 33.0 Å². The number of rotatable bonds is 3. The van der Waals surface area contributed by atoms with E-state index < -0.39 is 0 Å². The van der Waals surface area contributed by atoms with Gasteiger partial charge in [0.15, 0.2) is 0 Å². The van der Waals surface area contributed by atoms with Gasteiger partial charge in [0, 0.05) is 21.6 Å². The van der Waals surface area contributed by atoms with Crippen LogP contribution in [0, 0.1) is 18.3 Å². The Bertz CT molecular complexity index is 549. The van der Waals surface area contributed by atoms with Gasteiger partial charge >= 0.3 is 0 Å². The Hall–Kier alpha value is -1.31. The summed E-state index contributed by atoms with van der Waals surface area (Å²) in [6.45, 7) is 2.82. The van der Waals surface area contributed by atoms with Crippen molar-refractivity contribution in [3.05, 3.63) is 50.1 Å². The summed E-state index contributed by atoms with van der Waals surface area (Å²) < 4.78 is 1.07. The molecule has 2 aromatic rings. The molecule has 0 aliphatic rings. The van der Waals surface area contributed by atoms with Crippen LogP contribution in [0.3, 0.4) is 0 Å². The van der Waals surface area contributed by atoms with Crippen LogP contribution in [0.1, 0.15) is 15.3 Å². The molecule has 0 amide bonds. The van der Waals surface area contributed by atoms with Gasteiger partial charge in [0.2, 0.25) is 0 Å². The van der Waals surface area contributed by atoms with E-state index in [9.17, 15) is 0 Å². The minimum Gasteiger partial charge on any atom is -0.380 e. The summed E-state index contributed by atoms with van der Waals surface area (Å²) in [7, 11) is 0. The molecule has 0 aliphatic heterocycles. The van der Waals surface area contributed by atoms with Gasteiger partial charge in [0.1, 0.15) is 10.9 Å². The number of aryl methyl sites for hydroxylation is 1. The van der Waals surface area contributed by atoms with Crippen molar-refractivity contribution in [1.82, 2.24) is 0 Å². The summed E-state index contributed by atoms with van der Waals surface area (Å²) in [5.41, 5.74) is 2.30. The highest BCUT2D eigenvalue weighted by Gasteiger charge is 2.00. The van der Waals surface area contributed by atoms with Crippen LogP contribution in [0.15, 0.2) is 34.8 Å². The number of nitrogens with one attached hydrogen (secondary N) is 1. The molecule has 0 saturated heterocycles. The van der Waals surface area contributed by atoms with Gasteiger partial charge in [-0.05, 0) is 42.8 Å². The smallest absolute Gasteiger partial charge is 0.110 e. The van der Waals surface area contributed by atoms with E-state index in [0.29, 0.717) is 0 Å². The first-order valence-electron chi connectivity index (χ1n) is 5.17. The SMILES string of the molecule is Cc1cc(Br)cc(NCc2ccc(C#N)s2)c1. The fraction of sp³-hybridized carbons (Fsp3) is 0.154. The molecule has 1 aromatic heterocycles. The largest absolute Gasteiger partial charge is 0.380 e. The molecule has 86 valence electrons. The Morgan fingerprint density at radius 2 is 2.18 bits per heavy atom. The predicted octanol–water partition coefficient (Wildman–Crippen LogP) is 4.30. The molecule has 0 fully saturated rings. The van der Waals surface area contributed by atoms with Gasteiger partial charge in [-0.3, -0.25) is 0 Å². The van der Waals surface area contributed by atoms with Crippen molar-refractivity contribution in [2.45, 2.75) is 13.5 Å². The second kappa shape index (κ2) is 5.35. The molecular weight excluding hydrogens is 296 g/mol. The zero-order valence-electron chi connectivity index (χ0n) is 9.33. The Balaban J connectivity index is 2.04. The maximum atomic E-state index is 8.74. The lowest BCUT2D eigenvalue weighted by atomic mass is 10.2. The summed E-state index contributed by atoms with van der Waals surface area (Å²) in [5, 5.41) is 12.1. The highest BCUT2D eigenvalue weighted by Crippen LogP contribution is 2.21. The van der Waals surface area contributed by atoms with Crippen molar-refractivity contribution in [3.8, 4) is 6.07 Å². The van der Waals surface area contributed by atoms with Crippen molar-refractivity contribution in [1.29, 1.82) is 5.26 Å². The standard InChI is InChI=1S/C13H11BrN2S/c1-9-4-10(14)6-11(5-9)16-8-13-3-2-12(7-15)17-13/h2-6,16H,8H2,1H3. The zero-order chi connectivity index (χ0) is 12.3. The van der Waals surface area contributed by atoms with Crippen molar-refractivity contribution < 1.29 is 0 Å². The maximum Gasteiger partial charge on any atom is 0.110 e. The van der Waals surface area contributed by atoms with Crippen LogP contribution < -0.4 is 5.32 Å². The van der Waals surface area contributed by atoms with E-state index in [4.69, 9.17) is 5.26 Å². The quantitative estimate of drug-likeness (QED) is 0.917. The summed E-state index contributed by atoms with van der Waals surface area (Å²) in [6, 6.07) is 12.2. The molecule has 0 atom stereocenters. The van der Waals surface area contributed by atoms with E-state index in [2.05, 4.69) is 46.4 Å². The lowest BCUT2D eigenvalue weighted by Crippen LogP contribution is -1.97. The van der Waals surface area contributed by atoms with Crippen LogP contribution in [-0.4, -0.2) is 0 Å². The molecule has 0 unspecified atom stereocenters. The van der Waals surface area contributed by atoms with Crippen molar-refractivity contribution in [2.75, 3.05) is 5.32 Å². The summed E-state index contributed by atoms with van der Waals surface area (Å²) >= 11 is 5.00. The van der Waals surface area contributed by atoms with Crippen LogP contribution in [0.2, 0.25) is 0 Å². The highest BCUT2D eigenvalue weighted by molar-refractivity contribution is 9.10. The Morgan fingerprint density at radius 1 is 1.35 bits per heavy atom. The first-order chi connectivity index (χ1) is 8.17. The first kappa shape index (κ1) is 12.2. The molecule has 4 heteroatoms. The van der Waals surface area contributed by atoms with Gasteiger partial charge < -0.3 is 5.32 Å². The third kappa shape index (κ3) is 3.32. The van der Waals surface area contributed by atoms with Crippen molar-refractivity contribution in [3.63, 3.8) is 0 Å². The lowest BCUT2D eigenvalue weighted by molar-refractivity contribution is 1.19. The fourth-order valence-electron chi connectivity index (χ4n) is 1.56. The van der Waals surface area contributed by atoms with E-state index >= 15 is 0 Å². The number of nitriles is 1. The molecule has 1 aromatic carbocycles.